The molecule has 0 bridgehead atoms. The molecule has 0 aliphatic rings. The maximum absolute atomic E-state index is 10.5. The summed E-state index contributed by atoms with van der Waals surface area (Å²) in [5.74, 6) is 0.481. The van der Waals surface area contributed by atoms with Crippen LogP contribution in [0.1, 0.15) is 11.1 Å². The lowest BCUT2D eigenvalue weighted by atomic mass is 10.1. The summed E-state index contributed by atoms with van der Waals surface area (Å²) < 4.78 is 3.12. The molecule has 0 radical (unpaired) electrons. The Morgan fingerprint density at radius 2 is 1.36 bits per heavy atom. The average molecular weight is 600 g/mol. The quantitative estimate of drug-likeness (QED) is 0.201. The van der Waals surface area contributed by atoms with Gasteiger partial charge in [-0.2, -0.15) is 9.78 Å². The van der Waals surface area contributed by atoms with Gasteiger partial charge in [-0.3, -0.25) is 0 Å². The first-order valence-electron chi connectivity index (χ1n) is 11.2. The number of aliphatic imine (C=N–C) groups is 1. The third-order valence-corrected chi connectivity index (χ3v) is 6.49. The van der Waals surface area contributed by atoms with E-state index in [-0.39, 0.29) is 5.75 Å². The van der Waals surface area contributed by atoms with Crippen molar-refractivity contribution in [2.75, 3.05) is 0 Å². The first kappa shape index (κ1) is 23.9. The Bertz CT molecular complexity index is 1550. The van der Waals surface area contributed by atoms with Gasteiger partial charge in [0.05, 0.1) is 10.7 Å². The van der Waals surface area contributed by atoms with Gasteiger partial charge in [-0.25, -0.2) is 9.98 Å². The van der Waals surface area contributed by atoms with Crippen molar-refractivity contribution in [2.24, 2.45) is 10.1 Å². The molecule has 36 heavy (non-hydrogen) atoms. The topological polar surface area (TPSA) is 62.8 Å². The van der Waals surface area contributed by atoms with Crippen molar-refractivity contribution >= 4 is 50.2 Å². The van der Waals surface area contributed by atoms with Crippen LogP contribution >= 0.6 is 31.9 Å². The SMILES string of the molecule is Oc1c(Br)cc(Br)cc1/C=N/c1nc(-c2ccccc2)c(-c2ccccc2)n1N=Cc1ccccc1. The van der Waals surface area contributed by atoms with Crippen LogP contribution in [0, 0.1) is 0 Å². The van der Waals surface area contributed by atoms with Crippen molar-refractivity contribution in [3.8, 4) is 28.3 Å². The summed E-state index contributed by atoms with van der Waals surface area (Å²) in [4.78, 5) is 9.58. The second-order valence-corrected chi connectivity index (χ2v) is 9.66. The molecule has 176 valence electrons. The van der Waals surface area contributed by atoms with Crippen LogP contribution in [0.5, 0.6) is 5.75 Å². The number of benzene rings is 4. The predicted octanol–water partition coefficient (Wildman–Crippen LogP) is 8.08. The van der Waals surface area contributed by atoms with Crippen molar-refractivity contribution in [1.29, 1.82) is 0 Å². The number of hydrogen-bond donors (Lipinski definition) is 1. The molecule has 0 spiro atoms. The van der Waals surface area contributed by atoms with Gasteiger partial charge in [0, 0.05) is 27.4 Å². The lowest BCUT2D eigenvalue weighted by molar-refractivity contribution is 0.471. The highest BCUT2D eigenvalue weighted by Crippen LogP contribution is 2.36. The van der Waals surface area contributed by atoms with Gasteiger partial charge in [0.15, 0.2) is 0 Å². The van der Waals surface area contributed by atoms with Gasteiger partial charge < -0.3 is 5.11 Å². The number of halogens is 2. The molecule has 1 N–H and O–H groups in total. The molecule has 0 aliphatic heterocycles. The summed E-state index contributed by atoms with van der Waals surface area (Å²) in [5.41, 5.74) is 4.99. The van der Waals surface area contributed by atoms with Crippen molar-refractivity contribution < 1.29 is 5.11 Å². The number of phenols is 1. The fraction of sp³-hybridized carbons (Fsp3) is 0. The molecule has 0 amide bonds. The van der Waals surface area contributed by atoms with Crippen LogP contribution in [0.15, 0.2) is 122 Å². The van der Waals surface area contributed by atoms with E-state index >= 15 is 0 Å². The van der Waals surface area contributed by atoms with Crippen LogP contribution in [-0.4, -0.2) is 27.2 Å². The van der Waals surface area contributed by atoms with Crippen LogP contribution in [-0.2, 0) is 0 Å². The molecule has 0 saturated carbocycles. The third kappa shape index (κ3) is 5.22. The van der Waals surface area contributed by atoms with E-state index in [1.54, 1.807) is 29.2 Å². The van der Waals surface area contributed by atoms with Gasteiger partial charge >= 0.3 is 0 Å². The lowest BCUT2D eigenvalue weighted by Crippen LogP contribution is -1.95. The monoisotopic (exact) mass is 598 g/mol. The number of nitrogens with zero attached hydrogens (tertiary/aromatic N) is 4. The van der Waals surface area contributed by atoms with Gasteiger partial charge in [-0.1, -0.05) is 107 Å². The van der Waals surface area contributed by atoms with E-state index in [9.17, 15) is 5.11 Å². The molecule has 7 heteroatoms. The van der Waals surface area contributed by atoms with Crippen LogP contribution in [0.3, 0.4) is 0 Å². The molecule has 5 nitrogen and oxygen atoms in total. The van der Waals surface area contributed by atoms with E-state index in [0.717, 1.165) is 32.6 Å². The van der Waals surface area contributed by atoms with Crippen molar-refractivity contribution in [3.05, 3.63) is 123 Å². The van der Waals surface area contributed by atoms with Gasteiger partial charge in [-0.15, -0.1) is 0 Å². The van der Waals surface area contributed by atoms with E-state index in [1.165, 1.54) is 0 Å². The molecule has 1 aromatic heterocycles. The molecule has 0 fully saturated rings. The second kappa shape index (κ2) is 10.8. The molecule has 5 rings (SSSR count). The first-order chi connectivity index (χ1) is 17.6. The summed E-state index contributed by atoms with van der Waals surface area (Å²) in [5, 5.41) is 15.3. The fourth-order valence-corrected chi connectivity index (χ4v) is 4.98. The Kier molecular flexibility index (Phi) is 7.21. The summed E-state index contributed by atoms with van der Waals surface area (Å²) in [6, 6.07) is 33.4. The van der Waals surface area contributed by atoms with Crippen molar-refractivity contribution in [2.45, 2.75) is 0 Å². The largest absolute Gasteiger partial charge is 0.506 e. The van der Waals surface area contributed by atoms with E-state index in [4.69, 9.17) is 10.1 Å². The van der Waals surface area contributed by atoms with Crippen LogP contribution in [0.4, 0.5) is 5.95 Å². The molecule has 5 aromatic rings. The Labute approximate surface area is 225 Å². The number of phenolic OH excluding ortho intramolecular Hbond substituents is 1. The number of imidazole rings is 1. The molecule has 1 heterocycles. The molecule has 0 aliphatic carbocycles. The predicted molar refractivity (Wildman–Crippen MR) is 153 cm³/mol. The zero-order valence-electron chi connectivity index (χ0n) is 19.0. The summed E-state index contributed by atoms with van der Waals surface area (Å²) in [6.45, 7) is 0. The Hall–Kier alpha value is -3.81. The number of aromatic nitrogens is 2. The summed E-state index contributed by atoms with van der Waals surface area (Å²) >= 11 is 6.85. The van der Waals surface area contributed by atoms with Crippen LogP contribution in [0.2, 0.25) is 0 Å². The van der Waals surface area contributed by atoms with E-state index in [2.05, 4.69) is 36.9 Å². The summed E-state index contributed by atoms with van der Waals surface area (Å²) in [6.07, 6.45) is 3.38. The van der Waals surface area contributed by atoms with Crippen LogP contribution in [0.25, 0.3) is 22.5 Å². The highest BCUT2D eigenvalue weighted by Gasteiger charge is 2.20. The molecule has 0 atom stereocenters. The zero-order chi connectivity index (χ0) is 24.9. The highest BCUT2D eigenvalue weighted by atomic mass is 79.9. The molecule has 4 aromatic carbocycles. The maximum atomic E-state index is 10.5. The van der Waals surface area contributed by atoms with E-state index in [1.807, 2.05) is 91.0 Å². The van der Waals surface area contributed by atoms with Crippen molar-refractivity contribution in [1.82, 2.24) is 9.66 Å². The van der Waals surface area contributed by atoms with Gasteiger partial charge in [0.25, 0.3) is 5.95 Å². The van der Waals surface area contributed by atoms with E-state index in [0.29, 0.717) is 16.0 Å². The molecule has 0 saturated heterocycles. The first-order valence-corrected chi connectivity index (χ1v) is 12.7. The van der Waals surface area contributed by atoms with Crippen molar-refractivity contribution in [3.63, 3.8) is 0 Å². The minimum absolute atomic E-state index is 0.0967. The number of aromatic hydroxyl groups is 1. The fourth-order valence-electron chi connectivity index (χ4n) is 3.72. The van der Waals surface area contributed by atoms with E-state index < -0.39 is 0 Å². The Balaban J connectivity index is 1.72. The van der Waals surface area contributed by atoms with Gasteiger partial charge in [0.2, 0.25) is 0 Å². The average Bonchev–Trinajstić information content (AvgIpc) is 3.28. The number of rotatable bonds is 6. The normalized spacial score (nSPS) is 11.5. The van der Waals surface area contributed by atoms with Gasteiger partial charge in [0.1, 0.15) is 17.1 Å². The smallest absolute Gasteiger partial charge is 0.251 e. The minimum atomic E-state index is 0.0967. The maximum Gasteiger partial charge on any atom is 0.251 e. The Morgan fingerprint density at radius 1 is 0.750 bits per heavy atom. The standard InChI is InChI=1S/C29H20Br2N4O/c30-24-16-23(28(36)25(31)17-24)19-32-29-34-26(21-12-6-2-7-13-21)27(22-14-8-3-9-15-22)35(29)33-18-20-10-4-1-5-11-20/h1-19,36H/b32-19+,33-18?. The highest BCUT2D eigenvalue weighted by molar-refractivity contribution is 9.11. The zero-order valence-corrected chi connectivity index (χ0v) is 22.1. The second-order valence-electron chi connectivity index (χ2n) is 7.89. The molecular formula is C29H20Br2N4O. The molecular weight excluding hydrogens is 580 g/mol. The molecule has 0 unspecified atom stereocenters. The van der Waals surface area contributed by atoms with Gasteiger partial charge in [-0.05, 0) is 33.6 Å². The Morgan fingerprint density at radius 3 is 2.03 bits per heavy atom. The number of hydrogen-bond acceptors (Lipinski definition) is 4. The third-order valence-electron chi connectivity index (χ3n) is 5.43. The van der Waals surface area contributed by atoms with Crippen LogP contribution < -0.4 is 0 Å². The summed E-state index contributed by atoms with van der Waals surface area (Å²) in [7, 11) is 0. The lowest BCUT2D eigenvalue weighted by Gasteiger charge is -2.07. The minimum Gasteiger partial charge on any atom is -0.506 e.